The van der Waals surface area contributed by atoms with Crippen molar-refractivity contribution in [2.45, 2.75) is 26.9 Å². The van der Waals surface area contributed by atoms with Crippen LogP contribution >= 0.6 is 0 Å². The van der Waals surface area contributed by atoms with E-state index in [1.54, 1.807) is 43.8 Å². The molecule has 4 aromatic rings. The summed E-state index contributed by atoms with van der Waals surface area (Å²) in [4.78, 5) is 43.2. The minimum atomic E-state index is -0.623. The van der Waals surface area contributed by atoms with Crippen molar-refractivity contribution in [3.8, 4) is 5.75 Å². The van der Waals surface area contributed by atoms with Gasteiger partial charge >= 0.3 is 5.97 Å². The predicted molar refractivity (Wildman–Crippen MR) is 134 cm³/mol. The molecule has 1 amide bonds. The van der Waals surface area contributed by atoms with Crippen molar-refractivity contribution in [1.82, 2.24) is 14.5 Å². The van der Waals surface area contributed by atoms with E-state index >= 15 is 0 Å². The Morgan fingerprint density at radius 1 is 1.03 bits per heavy atom. The van der Waals surface area contributed by atoms with Gasteiger partial charge in [0.1, 0.15) is 11.4 Å². The van der Waals surface area contributed by atoms with E-state index in [1.807, 2.05) is 43.3 Å². The first kappa shape index (κ1) is 23.9. The monoisotopic (exact) mass is 473 g/mol. The Kier molecular flexibility index (Phi) is 6.82. The number of carbonyl (C=O) groups excluding carboxylic acids is 2. The van der Waals surface area contributed by atoms with E-state index in [1.165, 1.54) is 4.90 Å². The zero-order chi connectivity index (χ0) is 25.1. The van der Waals surface area contributed by atoms with Crippen molar-refractivity contribution in [2.24, 2.45) is 0 Å². The SMILES string of the molecule is CCn1c(=O)c(C)nc2cc(C(=O)OCC(=O)N(C)Cc3ccc4cc(OC)ccc4c3)ccc21. The average molecular weight is 474 g/mol. The number of carbonyl (C=O) groups is 2. The van der Waals surface area contributed by atoms with Crippen LogP contribution in [0, 0.1) is 6.92 Å². The Morgan fingerprint density at radius 2 is 1.77 bits per heavy atom. The lowest BCUT2D eigenvalue weighted by Crippen LogP contribution is -2.30. The van der Waals surface area contributed by atoms with E-state index < -0.39 is 5.97 Å². The molecule has 1 heterocycles. The number of hydrogen-bond acceptors (Lipinski definition) is 6. The number of benzene rings is 3. The Morgan fingerprint density at radius 3 is 2.51 bits per heavy atom. The van der Waals surface area contributed by atoms with Gasteiger partial charge in [0.2, 0.25) is 0 Å². The number of aromatic nitrogens is 2. The van der Waals surface area contributed by atoms with Gasteiger partial charge in [-0.05, 0) is 66.6 Å². The van der Waals surface area contributed by atoms with Crippen LogP contribution in [0.1, 0.15) is 28.5 Å². The predicted octanol–water partition coefficient (Wildman–Crippen LogP) is 3.70. The zero-order valence-corrected chi connectivity index (χ0v) is 20.2. The van der Waals surface area contributed by atoms with Crippen molar-refractivity contribution in [3.05, 3.63) is 81.8 Å². The van der Waals surface area contributed by atoms with Gasteiger partial charge in [-0.3, -0.25) is 9.59 Å². The van der Waals surface area contributed by atoms with Crippen molar-refractivity contribution in [2.75, 3.05) is 20.8 Å². The Balaban J connectivity index is 1.41. The highest BCUT2D eigenvalue weighted by Gasteiger charge is 2.16. The summed E-state index contributed by atoms with van der Waals surface area (Å²) in [6.45, 7) is 4.01. The quantitative estimate of drug-likeness (QED) is 0.380. The second-order valence-corrected chi connectivity index (χ2v) is 8.32. The number of aryl methyl sites for hydroxylation is 2. The number of fused-ring (bicyclic) bond motifs is 2. The number of methoxy groups -OCH3 is 1. The molecule has 0 fully saturated rings. The average Bonchev–Trinajstić information content (AvgIpc) is 2.87. The number of likely N-dealkylation sites (N-methyl/N-ethyl adjacent to an activating group) is 1. The fraction of sp³-hybridized carbons (Fsp3) is 0.259. The van der Waals surface area contributed by atoms with E-state index in [9.17, 15) is 14.4 Å². The molecule has 180 valence electrons. The van der Waals surface area contributed by atoms with Crippen LogP contribution in [0.4, 0.5) is 0 Å². The summed E-state index contributed by atoms with van der Waals surface area (Å²) in [7, 11) is 3.30. The molecule has 0 bridgehead atoms. The third kappa shape index (κ3) is 5.01. The Bertz CT molecular complexity index is 1490. The number of esters is 1. The summed E-state index contributed by atoms with van der Waals surface area (Å²) in [5.41, 5.74) is 2.60. The topological polar surface area (TPSA) is 90.7 Å². The minimum Gasteiger partial charge on any atom is -0.497 e. The van der Waals surface area contributed by atoms with Gasteiger partial charge in [-0.25, -0.2) is 9.78 Å². The zero-order valence-electron chi connectivity index (χ0n) is 20.2. The molecule has 0 aliphatic rings. The van der Waals surface area contributed by atoms with Crippen LogP contribution in [0.2, 0.25) is 0 Å². The van der Waals surface area contributed by atoms with Gasteiger partial charge in [-0.15, -0.1) is 0 Å². The second kappa shape index (κ2) is 9.97. The highest BCUT2D eigenvalue weighted by atomic mass is 16.5. The molecule has 0 atom stereocenters. The molecule has 4 rings (SSSR count). The maximum absolute atomic E-state index is 12.6. The number of amides is 1. The molecule has 3 aromatic carbocycles. The lowest BCUT2D eigenvalue weighted by Gasteiger charge is -2.18. The van der Waals surface area contributed by atoms with Gasteiger partial charge in [0.25, 0.3) is 11.5 Å². The van der Waals surface area contributed by atoms with E-state index in [-0.39, 0.29) is 23.6 Å². The molecule has 0 saturated carbocycles. The third-order valence-electron chi connectivity index (χ3n) is 5.95. The molecule has 35 heavy (non-hydrogen) atoms. The molecule has 0 N–H and O–H groups in total. The molecule has 0 saturated heterocycles. The lowest BCUT2D eigenvalue weighted by atomic mass is 10.1. The van der Waals surface area contributed by atoms with Crippen molar-refractivity contribution < 1.29 is 19.1 Å². The lowest BCUT2D eigenvalue weighted by molar-refractivity contribution is -0.133. The molecule has 0 radical (unpaired) electrons. The molecule has 0 aliphatic carbocycles. The van der Waals surface area contributed by atoms with Crippen LogP contribution < -0.4 is 10.3 Å². The van der Waals surface area contributed by atoms with Crippen LogP contribution in [-0.4, -0.2) is 47.1 Å². The number of rotatable bonds is 7. The van der Waals surface area contributed by atoms with Gasteiger partial charge in [0.15, 0.2) is 6.61 Å². The standard InChI is InChI=1S/C27H27N3O5/c1-5-30-24-11-9-21(14-23(24)28-17(2)26(30)32)27(33)35-16-25(31)29(3)15-18-6-7-20-13-22(34-4)10-8-19(20)12-18/h6-14H,5,15-16H2,1-4H3. The van der Waals surface area contributed by atoms with Gasteiger partial charge in [0.05, 0.1) is 23.7 Å². The van der Waals surface area contributed by atoms with Crippen molar-refractivity contribution >= 4 is 33.7 Å². The van der Waals surface area contributed by atoms with E-state index in [4.69, 9.17) is 9.47 Å². The fourth-order valence-corrected chi connectivity index (χ4v) is 4.00. The van der Waals surface area contributed by atoms with Gasteiger partial charge in [-0.2, -0.15) is 0 Å². The summed E-state index contributed by atoms with van der Waals surface area (Å²) < 4.78 is 12.1. The number of nitrogens with zero attached hydrogens (tertiary/aromatic N) is 3. The highest BCUT2D eigenvalue weighted by molar-refractivity contribution is 5.94. The molecule has 8 nitrogen and oxygen atoms in total. The summed E-state index contributed by atoms with van der Waals surface area (Å²) >= 11 is 0. The van der Waals surface area contributed by atoms with Crippen molar-refractivity contribution in [1.29, 1.82) is 0 Å². The second-order valence-electron chi connectivity index (χ2n) is 8.32. The summed E-state index contributed by atoms with van der Waals surface area (Å²) in [6, 6.07) is 16.6. The molecule has 0 spiro atoms. The van der Waals surface area contributed by atoms with Crippen LogP contribution in [-0.2, 0) is 22.6 Å². The number of hydrogen-bond donors (Lipinski definition) is 0. The first-order chi connectivity index (χ1) is 16.8. The fourth-order valence-electron chi connectivity index (χ4n) is 4.00. The Labute approximate surface area is 202 Å². The van der Waals surface area contributed by atoms with Crippen LogP contribution in [0.3, 0.4) is 0 Å². The first-order valence-corrected chi connectivity index (χ1v) is 11.3. The number of ether oxygens (including phenoxy) is 2. The minimum absolute atomic E-state index is 0.157. The molecular formula is C27H27N3O5. The Hall–Kier alpha value is -4.20. The molecular weight excluding hydrogens is 446 g/mol. The van der Waals surface area contributed by atoms with Crippen LogP contribution in [0.25, 0.3) is 21.8 Å². The first-order valence-electron chi connectivity index (χ1n) is 11.3. The van der Waals surface area contributed by atoms with E-state index in [0.29, 0.717) is 29.8 Å². The molecule has 1 aromatic heterocycles. The van der Waals surface area contributed by atoms with Crippen LogP contribution in [0.5, 0.6) is 5.75 Å². The molecule has 0 unspecified atom stereocenters. The van der Waals surface area contributed by atoms with E-state index in [0.717, 1.165) is 22.1 Å². The third-order valence-corrected chi connectivity index (χ3v) is 5.95. The van der Waals surface area contributed by atoms with Gasteiger partial charge < -0.3 is 18.9 Å². The molecule has 8 heteroatoms. The highest BCUT2D eigenvalue weighted by Crippen LogP contribution is 2.22. The maximum atomic E-state index is 12.6. The normalized spacial score (nSPS) is 11.0. The van der Waals surface area contributed by atoms with Crippen molar-refractivity contribution in [3.63, 3.8) is 0 Å². The largest absolute Gasteiger partial charge is 0.497 e. The summed E-state index contributed by atoms with van der Waals surface area (Å²) in [6.07, 6.45) is 0. The summed E-state index contributed by atoms with van der Waals surface area (Å²) in [5, 5.41) is 2.09. The van der Waals surface area contributed by atoms with Gasteiger partial charge in [0, 0.05) is 20.1 Å². The van der Waals surface area contributed by atoms with E-state index in [2.05, 4.69) is 4.98 Å². The maximum Gasteiger partial charge on any atom is 0.338 e. The smallest absolute Gasteiger partial charge is 0.338 e. The summed E-state index contributed by atoms with van der Waals surface area (Å²) in [5.74, 6) is -0.152. The molecule has 0 aliphatic heterocycles. The van der Waals surface area contributed by atoms with Crippen LogP contribution in [0.15, 0.2) is 59.4 Å². The van der Waals surface area contributed by atoms with Gasteiger partial charge in [-0.1, -0.05) is 18.2 Å².